The van der Waals surface area contributed by atoms with Gasteiger partial charge in [0, 0.05) is 18.8 Å². The van der Waals surface area contributed by atoms with E-state index in [9.17, 15) is 0 Å². The lowest BCUT2D eigenvalue weighted by molar-refractivity contribution is 0.454. The van der Waals surface area contributed by atoms with Crippen LogP contribution in [0.1, 0.15) is 34.9 Å². The van der Waals surface area contributed by atoms with E-state index in [2.05, 4.69) is 23.7 Å². The van der Waals surface area contributed by atoms with Crippen molar-refractivity contribution in [1.82, 2.24) is 5.32 Å². The summed E-state index contributed by atoms with van der Waals surface area (Å²) in [6.45, 7) is 2.34. The van der Waals surface area contributed by atoms with Gasteiger partial charge in [-0.3, -0.25) is 0 Å². The monoisotopic (exact) mass is 232 g/mol. The lowest BCUT2D eigenvalue weighted by atomic mass is 9.98. The van der Waals surface area contributed by atoms with Crippen LogP contribution < -0.4 is 5.32 Å². The normalized spacial score (nSPS) is 34.4. The van der Waals surface area contributed by atoms with E-state index >= 15 is 0 Å². The van der Waals surface area contributed by atoms with Crippen molar-refractivity contribution in [2.24, 2.45) is 4.36 Å². The summed E-state index contributed by atoms with van der Waals surface area (Å²) in [6.07, 6.45) is 3.61. The maximum Gasteiger partial charge on any atom is 0.0746 e. The van der Waals surface area contributed by atoms with Crippen molar-refractivity contribution in [3.8, 4) is 0 Å². The van der Waals surface area contributed by atoms with Crippen LogP contribution in [0.5, 0.6) is 0 Å². The number of hydrogen-bond acceptors (Lipinski definition) is 2. The van der Waals surface area contributed by atoms with Gasteiger partial charge in [-0.1, -0.05) is 16.8 Å². The molecule has 1 N–H and O–H groups in total. The third-order valence-electron chi connectivity index (χ3n) is 4.13. The molecule has 3 unspecified atom stereocenters. The number of hydrogen-bond donors (Lipinski definition) is 1. The highest BCUT2D eigenvalue weighted by atomic mass is 32.2. The maximum absolute atomic E-state index is 4.75. The summed E-state index contributed by atoms with van der Waals surface area (Å²) < 4.78 is 4.75. The minimum Gasteiger partial charge on any atom is -0.316 e. The van der Waals surface area contributed by atoms with Gasteiger partial charge in [-0.2, -0.15) is 0 Å². The zero-order valence-electron chi connectivity index (χ0n) is 9.49. The van der Waals surface area contributed by atoms with Crippen molar-refractivity contribution in [3.63, 3.8) is 0 Å². The first-order valence-electron chi connectivity index (χ1n) is 6.03. The maximum atomic E-state index is 4.75. The Balaban J connectivity index is 1.90. The largest absolute Gasteiger partial charge is 0.316 e. The number of rotatable bonds is 0. The Kier molecular flexibility index (Phi) is 1.86. The van der Waals surface area contributed by atoms with E-state index in [1.165, 1.54) is 36.5 Å². The third kappa shape index (κ3) is 1.19. The number of fused-ring (bicyclic) bond motifs is 6. The predicted octanol–water partition coefficient (Wildman–Crippen LogP) is 2.44. The number of piperidine rings is 1. The standard InChI is InChI=1S/C13H16N2S/c1-16-7-10-3-11-8-2-9(6-14-5-8)12(11)4-13(10)15-16/h3-4,8-9,14H,2,5-7H2,1H3. The molecule has 1 saturated heterocycles. The van der Waals surface area contributed by atoms with E-state index < -0.39 is 0 Å². The van der Waals surface area contributed by atoms with Crippen molar-refractivity contribution in [2.75, 3.05) is 19.3 Å². The third-order valence-corrected chi connectivity index (χ3v) is 5.37. The first kappa shape index (κ1) is 9.37. The number of benzene rings is 1. The molecule has 84 valence electrons. The smallest absolute Gasteiger partial charge is 0.0746 e. The van der Waals surface area contributed by atoms with E-state index in [-0.39, 0.29) is 10.7 Å². The average molecular weight is 232 g/mol. The fourth-order valence-electron chi connectivity index (χ4n) is 3.42. The van der Waals surface area contributed by atoms with Gasteiger partial charge in [0.05, 0.1) is 5.69 Å². The van der Waals surface area contributed by atoms with Gasteiger partial charge in [0.1, 0.15) is 0 Å². The Hall–Kier alpha value is -0.670. The molecular formula is C13H16N2S. The van der Waals surface area contributed by atoms with Gasteiger partial charge in [-0.25, -0.2) is 4.36 Å². The molecule has 2 bridgehead atoms. The van der Waals surface area contributed by atoms with Crippen LogP contribution in [-0.4, -0.2) is 19.3 Å². The Morgan fingerprint density at radius 3 is 2.81 bits per heavy atom. The molecule has 2 aliphatic heterocycles. The van der Waals surface area contributed by atoms with Crippen LogP contribution in [0.3, 0.4) is 0 Å². The van der Waals surface area contributed by atoms with Crippen molar-refractivity contribution in [2.45, 2.75) is 24.0 Å². The summed E-state index contributed by atoms with van der Waals surface area (Å²) in [5.41, 5.74) is 6.01. The summed E-state index contributed by atoms with van der Waals surface area (Å²) >= 11 is 0. The molecule has 1 aromatic rings. The second kappa shape index (κ2) is 3.17. The molecule has 0 spiro atoms. The van der Waals surface area contributed by atoms with Crippen LogP contribution in [0.25, 0.3) is 0 Å². The highest BCUT2D eigenvalue weighted by Gasteiger charge is 2.35. The molecule has 4 rings (SSSR count). The Labute approximate surface area is 98.5 Å². The van der Waals surface area contributed by atoms with Crippen LogP contribution in [0, 0.1) is 0 Å². The van der Waals surface area contributed by atoms with Gasteiger partial charge in [-0.15, -0.1) is 0 Å². The van der Waals surface area contributed by atoms with E-state index in [1.807, 2.05) is 0 Å². The van der Waals surface area contributed by atoms with Crippen LogP contribution in [0.15, 0.2) is 16.5 Å². The second-order valence-corrected chi connectivity index (χ2v) is 6.91. The Morgan fingerprint density at radius 1 is 1.25 bits per heavy atom. The molecule has 1 aromatic carbocycles. The minimum atomic E-state index is 0.239. The van der Waals surface area contributed by atoms with Gasteiger partial charge in [0.25, 0.3) is 0 Å². The summed E-state index contributed by atoms with van der Waals surface area (Å²) in [7, 11) is 0.239. The molecule has 3 aliphatic rings. The summed E-state index contributed by atoms with van der Waals surface area (Å²) in [5.74, 6) is 2.71. The Bertz CT molecular complexity index is 507. The van der Waals surface area contributed by atoms with Crippen LogP contribution in [0.4, 0.5) is 5.69 Å². The van der Waals surface area contributed by atoms with Crippen LogP contribution >= 0.6 is 0 Å². The van der Waals surface area contributed by atoms with E-state index in [4.69, 9.17) is 4.36 Å². The molecule has 1 fully saturated rings. The predicted molar refractivity (Wildman–Crippen MR) is 68.5 cm³/mol. The fourth-order valence-corrected chi connectivity index (χ4v) is 4.67. The van der Waals surface area contributed by atoms with Gasteiger partial charge in [0.15, 0.2) is 0 Å². The molecule has 0 radical (unpaired) electrons. The molecule has 0 aromatic heterocycles. The van der Waals surface area contributed by atoms with Crippen LogP contribution in [-0.2, 0) is 16.4 Å². The highest BCUT2D eigenvalue weighted by Crippen LogP contribution is 2.46. The molecular weight excluding hydrogens is 216 g/mol. The summed E-state index contributed by atoms with van der Waals surface area (Å²) in [4.78, 5) is 0. The SMILES string of the molecule is CS1=Nc2cc3c(cc2C1)C1CNCC3C1. The van der Waals surface area contributed by atoms with E-state index in [0.717, 1.165) is 11.8 Å². The molecule has 3 atom stereocenters. The molecule has 1 aliphatic carbocycles. The van der Waals surface area contributed by atoms with Gasteiger partial charge in [0.2, 0.25) is 0 Å². The zero-order valence-corrected chi connectivity index (χ0v) is 10.3. The molecule has 0 amide bonds. The van der Waals surface area contributed by atoms with Gasteiger partial charge >= 0.3 is 0 Å². The van der Waals surface area contributed by atoms with Gasteiger partial charge < -0.3 is 5.32 Å². The second-order valence-electron chi connectivity index (χ2n) is 5.23. The summed E-state index contributed by atoms with van der Waals surface area (Å²) in [6, 6.07) is 4.85. The van der Waals surface area contributed by atoms with E-state index in [1.54, 1.807) is 11.1 Å². The van der Waals surface area contributed by atoms with Crippen LogP contribution in [0.2, 0.25) is 0 Å². The molecule has 0 saturated carbocycles. The average Bonchev–Trinajstić information content (AvgIpc) is 2.76. The van der Waals surface area contributed by atoms with Crippen molar-refractivity contribution >= 4 is 16.4 Å². The summed E-state index contributed by atoms with van der Waals surface area (Å²) in [5, 5.41) is 3.55. The zero-order chi connectivity index (χ0) is 10.7. The lowest BCUT2D eigenvalue weighted by Crippen LogP contribution is -2.28. The molecule has 2 heterocycles. The Morgan fingerprint density at radius 2 is 2.00 bits per heavy atom. The quantitative estimate of drug-likeness (QED) is 0.730. The first-order chi connectivity index (χ1) is 7.81. The first-order valence-corrected chi connectivity index (χ1v) is 7.79. The molecule has 2 nitrogen and oxygen atoms in total. The van der Waals surface area contributed by atoms with Crippen molar-refractivity contribution < 1.29 is 0 Å². The highest BCUT2D eigenvalue weighted by molar-refractivity contribution is 7.86. The van der Waals surface area contributed by atoms with E-state index in [0.29, 0.717) is 0 Å². The molecule has 3 heteroatoms. The number of nitrogens with one attached hydrogen (secondary N) is 1. The van der Waals surface area contributed by atoms with Crippen molar-refractivity contribution in [3.05, 3.63) is 28.8 Å². The van der Waals surface area contributed by atoms with Crippen molar-refractivity contribution in [1.29, 1.82) is 0 Å². The molecule has 16 heavy (non-hydrogen) atoms. The fraction of sp³-hybridized carbons (Fsp3) is 0.538. The number of nitrogens with zero attached hydrogens (tertiary/aromatic N) is 1. The van der Waals surface area contributed by atoms with Gasteiger partial charge in [-0.05, 0) is 47.3 Å². The topological polar surface area (TPSA) is 24.4 Å². The lowest BCUT2D eigenvalue weighted by Gasteiger charge is -2.19. The minimum absolute atomic E-state index is 0.239.